The number of rotatable bonds is 3. The van der Waals surface area contributed by atoms with Crippen molar-refractivity contribution in [1.29, 1.82) is 0 Å². The van der Waals surface area contributed by atoms with Crippen LogP contribution >= 0.6 is 11.6 Å². The zero-order chi connectivity index (χ0) is 25.7. The van der Waals surface area contributed by atoms with E-state index >= 15 is 0 Å². The molecule has 2 aromatic heterocycles. The highest BCUT2D eigenvalue weighted by atomic mass is 35.5. The Morgan fingerprint density at radius 2 is 1.77 bits per heavy atom. The summed E-state index contributed by atoms with van der Waals surface area (Å²) in [5.74, 6) is -0.957. The van der Waals surface area contributed by atoms with Crippen LogP contribution in [0, 0.1) is 0 Å². The molecular weight excluding hydrogens is 489 g/mol. The number of aromatic nitrogens is 2. The Labute approximate surface area is 205 Å². The Morgan fingerprint density at radius 1 is 1.14 bits per heavy atom. The van der Waals surface area contributed by atoms with Gasteiger partial charge in [-0.2, -0.15) is 13.2 Å². The first kappa shape index (κ1) is 25.3. The monoisotopic (exact) mass is 514 g/mol. The SMILES string of the molecule is CC.CC1OC(=O)N(C2CCN(C(=O)c3nc4c(C(F)(F)F)cc(C5CC5)cn4c3Cl)CC2)C1=O. The van der Waals surface area contributed by atoms with Crippen LogP contribution in [0.25, 0.3) is 5.65 Å². The van der Waals surface area contributed by atoms with Crippen molar-refractivity contribution in [2.24, 2.45) is 0 Å². The van der Waals surface area contributed by atoms with Crippen LogP contribution < -0.4 is 0 Å². The molecule has 2 aliphatic heterocycles. The minimum Gasteiger partial charge on any atom is -0.436 e. The molecule has 0 bridgehead atoms. The number of amides is 3. The van der Waals surface area contributed by atoms with Gasteiger partial charge < -0.3 is 9.64 Å². The average Bonchev–Trinajstić information content (AvgIpc) is 3.58. The van der Waals surface area contributed by atoms with Crippen molar-refractivity contribution in [2.75, 3.05) is 13.1 Å². The van der Waals surface area contributed by atoms with Crippen molar-refractivity contribution < 1.29 is 32.3 Å². The van der Waals surface area contributed by atoms with Crippen LogP contribution in [0.15, 0.2) is 12.3 Å². The number of alkyl halides is 3. The van der Waals surface area contributed by atoms with E-state index in [1.165, 1.54) is 18.0 Å². The Hall–Kier alpha value is -2.82. The van der Waals surface area contributed by atoms with Crippen molar-refractivity contribution in [1.82, 2.24) is 19.2 Å². The molecule has 2 saturated heterocycles. The van der Waals surface area contributed by atoms with Crippen LogP contribution in [0.1, 0.15) is 74.0 Å². The van der Waals surface area contributed by atoms with Gasteiger partial charge in [-0.05, 0) is 50.2 Å². The molecule has 1 unspecified atom stereocenters. The number of cyclic esters (lactones) is 1. The van der Waals surface area contributed by atoms with E-state index in [0.29, 0.717) is 18.4 Å². The lowest BCUT2D eigenvalue weighted by molar-refractivity contribution is -0.136. The van der Waals surface area contributed by atoms with Gasteiger partial charge in [0.05, 0.1) is 5.56 Å². The lowest BCUT2D eigenvalue weighted by Crippen LogP contribution is -2.49. The smallest absolute Gasteiger partial charge is 0.419 e. The first-order valence-corrected chi connectivity index (χ1v) is 12.1. The number of fused-ring (bicyclic) bond motifs is 1. The van der Waals surface area contributed by atoms with Crippen molar-refractivity contribution in [3.05, 3.63) is 34.2 Å². The number of imidazole rings is 1. The number of pyridine rings is 1. The fourth-order valence-corrected chi connectivity index (χ4v) is 4.73. The van der Waals surface area contributed by atoms with Gasteiger partial charge in [-0.15, -0.1) is 0 Å². The summed E-state index contributed by atoms with van der Waals surface area (Å²) in [5, 5.41) is -0.169. The Balaban J connectivity index is 0.00000141. The molecule has 3 amide bonds. The summed E-state index contributed by atoms with van der Waals surface area (Å²) in [7, 11) is 0. The van der Waals surface area contributed by atoms with E-state index in [0.717, 1.165) is 28.2 Å². The second-order valence-electron chi connectivity index (χ2n) is 8.66. The van der Waals surface area contributed by atoms with Crippen LogP contribution in [0.2, 0.25) is 5.15 Å². The van der Waals surface area contributed by atoms with Crippen molar-refractivity contribution in [3.63, 3.8) is 0 Å². The highest BCUT2D eigenvalue weighted by Crippen LogP contribution is 2.43. The van der Waals surface area contributed by atoms with Crippen molar-refractivity contribution >= 4 is 35.2 Å². The van der Waals surface area contributed by atoms with Gasteiger partial charge in [0.15, 0.2) is 17.4 Å². The van der Waals surface area contributed by atoms with Gasteiger partial charge in [-0.3, -0.25) is 14.0 Å². The molecule has 12 heteroatoms. The molecule has 190 valence electrons. The summed E-state index contributed by atoms with van der Waals surface area (Å²) in [4.78, 5) is 43.7. The first-order chi connectivity index (χ1) is 16.6. The van der Waals surface area contributed by atoms with Gasteiger partial charge in [0.2, 0.25) is 0 Å². The molecule has 3 aliphatic rings. The average molecular weight is 515 g/mol. The fourth-order valence-electron chi connectivity index (χ4n) is 4.47. The highest BCUT2D eigenvalue weighted by Gasteiger charge is 2.44. The summed E-state index contributed by atoms with van der Waals surface area (Å²) in [6.45, 7) is 5.88. The predicted molar refractivity (Wildman–Crippen MR) is 120 cm³/mol. The molecule has 3 fully saturated rings. The van der Waals surface area contributed by atoms with Crippen LogP contribution in [0.3, 0.4) is 0 Å². The van der Waals surface area contributed by atoms with E-state index in [4.69, 9.17) is 16.3 Å². The highest BCUT2D eigenvalue weighted by molar-refractivity contribution is 6.33. The predicted octanol–water partition coefficient (Wildman–Crippen LogP) is 4.88. The van der Waals surface area contributed by atoms with E-state index < -0.39 is 47.4 Å². The van der Waals surface area contributed by atoms with Crippen LogP contribution in [-0.4, -0.2) is 62.3 Å². The summed E-state index contributed by atoms with van der Waals surface area (Å²) in [6, 6.07) is 0.678. The normalized spacial score (nSPS) is 21.3. The topological polar surface area (TPSA) is 84.2 Å². The van der Waals surface area contributed by atoms with Gasteiger partial charge in [-0.25, -0.2) is 14.7 Å². The molecule has 5 rings (SSSR count). The number of carbonyl (C=O) groups excluding carboxylic acids is 3. The summed E-state index contributed by atoms with van der Waals surface area (Å²) in [6.07, 6.45) is -2.40. The van der Waals surface area contributed by atoms with Crippen molar-refractivity contribution in [2.45, 2.75) is 70.7 Å². The van der Waals surface area contributed by atoms with E-state index in [9.17, 15) is 27.6 Å². The number of halogens is 4. The number of piperidine rings is 1. The number of likely N-dealkylation sites (tertiary alicyclic amines) is 1. The third kappa shape index (κ3) is 4.57. The molecule has 1 atom stereocenters. The maximum atomic E-state index is 13.7. The molecule has 4 heterocycles. The quantitative estimate of drug-likeness (QED) is 0.583. The van der Waals surface area contributed by atoms with Gasteiger partial charge in [-0.1, -0.05) is 25.4 Å². The number of ether oxygens (including phenoxy) is 1. The van der Waals surface area contributed by atoms with Gasteiger partial charge in [0, 0.05) is 25.3 Å². The van der Waals surface area contributed by atoms with Crippen LogP contribution in [0.4, 0.5) is 18.0 Å². The van der Waals surface area contributed by atoms with Crippen LogP contribution in [0.5, 0.6) is 0 Å². The number of nitrogens with zero attached hydrogens (tertiary/aromatic N) is 4. The molecule has 1 saturated carbocycles. The maximum absolute atomic E-state index is 13.7. The van der Waals surface area contributed by atoms with Gasteiger partial charge in [0.25, 0.3) is 11.8 Å². The Morgan fingerprint density at radius 3 is 2.29 bits per heavy atom. The summed E-state index contributed by atoms with van der Waals surface area (Å²) >= 11 is 6.35. The Kier molecular flexibility index (Phi) is 6.74. The lowest BCUT2D eigenvalue weighted by atomic mass is 10.0. The second-order valence-corrected chi connectivity index (χ2v) is 9.02. The second kappa shape index (κ2) is 9.33. The van der Waals surface area contributed by atoms with E-state index in [-0.39, 0.29) is 29.9 Å². The standard InChI is InChI=1S/C21H20ClF3N4O4.C2H6/c1-10-18(30)29(20(32)33-10)13-4-6-27(7-5-13)19(31)15-16(22)28-9-12(11-2-3-11)8-14(17(28)26-15)21(23,24)25;1-2/h8-11,13H,2-7H2,1H3;1-2H3. The van der Waals surface area contributed by atoms with E-state index in [1.54, 1.807) is 0 Å². The largest absolute Gasteiger partial charge is 0.436 e. The van der Waals surface area contributed by atoms with Crippen molar-refractivity contribution in [3.8, 4) is 0 Å². The number of imide groups is 1. The number of carbonyl (C=O) groups is 3. The maximum Gasteiger partial charge on any atom is 0.419 e. The molecule has 0 aromatic carbocycles. The number of hydrogen-bond acceptors (Lipinski definition) is 5. The summed E-state index contributed by atoms with van der Waals surface area (Å²) < 4.78 is 47.2. The van der Waals surface area contributed by atoms with E-state index in [2.05, 4.69) is 4.98 Å². The molecule has 35 heavy (non-hydrogen) atoms. The molecule has 0 N–H and O–H groups in total. The molecule has 2 aromatic rings. The van der Waals surface area contributed by atoms with Crippen LogP contribution in [-0.2, 0) is 15.7 Å². The van der Waals surface area contributed by atoms with Gasteiger partial charge >= 0.3 is 12.3 Å². The first-order valence-electron chi connectivity index (χ1n) is 11.7. The molecule has 0 radical (unpaired) electrons. The zero-order valence-electron chi connectivity index (χ0n) is 19.6. The van der Waals surface area contributed by atoms with E-state index in [1.807, 2.05) is 13.8 Å². The van der Waals surface area contributed by atoms with Gasteiger partial charge in [0.1, 0.15) is 5.15 Å². The molecule has 1 aliphatic carbocycles. The number of hydrogen-bond donors (Lipinski definition) is 0. The molecule has 8 nitrogen and oxygen atoms in total. The minimum absolute atomic E-state index is 0.0508. The summed E-state index contributed by atoms with van der Waals surface area (Å²) in [5.41, 5.74) is -1.06. The zero-order valence-corrected chi connectivity index (χ0v) is 20.3. The minimum atomic E-state index is -4.65. The fraction of sp³-hybridized carbons (Fsp3) is 0.565. The molecular formula is C23H26ClF3N4O4. The lowest BCUT2D eigenvalue weighted by Gasteiger charge is -2.34. The molecule has 0 spiro atoms. The Bertz CT molecular complexity index is 1170. The third-order valence-electron chi connectivity index (χ3n) is 6.42. The third-order valence-corrected chi connectivity index (χ3v) is 6.78.